The van der Waals surface area contributed by atoms with E-state index in [9.17, 15) is 9.18 Å². The van der Waals surface area contributed by atoms with Gasteiger partial charge in [0, 0.05) is 11.4 Å². The summed E-state index contributed by atoms with van der Waals surface area (Å²) in [7, 11) is 0. The van der Waals surface area contributed by atoms with Gasteiger partial charge in [-0.25, -0.2) is 9.18 Å². The van der Waals surface area contributed by atoms with Gasteiger partial charge in [-0.2, -0.15) is 0 Å². The number of nitrogen functional groups attached to an aromatic ring is 2. The van der Waals surface area contributed by atoms with Gasteiger partial charge < -0.3 is 25.7 Å². The third kappa shape index (κ3) is 5.59. The summed E-state index contributed by atoms with van der Waals surface area (Å²) >= 11 is 0. The lowest BCUT2D eigenvalue weighted by Gasteiger charge is -2.28. The van der Waals surface area contributed by atoms with E-state index in [-0.39, 0.29) is 24.8 Å². The molecule has 0 amide bonds. The molecule has 3 rings (SSSR count). The molecule has 0 spiro atoms. The highest BCUT2D eigenvalue weighted by atomic mass is 19.1. The first-order valence-electron chi connectivity index (χ1n) is 8.86. The summed E-state index contributed by atoms with van der Waals surface area (Å²) in [4.78, 5) is 12.2. The van der Waals surface area contributed by atoms with Crippen molar-refractivity contribution in [3.8, 4) is 5.75 Å². The van der Waals surface area contributed by atoms with Gasteiger partial charge in [0.2, 0.25) is 0 Å². The van der Waals surface area contributed by atoms with E-state index in [1.165, 1.54) is 12.1 Å². The van der Waals surface area contributed by atoms with Gasteiger partial charge in [0.05, 0.1) is 11.7 Å². The maximum Gasteiger partial charge on any atom is 0.338 e. The van der Waals surface area contributed by atoms with Crippen LogP contribution in [0.1, 0.15) is 36.0 Å². The molecule has 2 aromatic rings. The van der Waals surface area contributed by atoms with Gasteiger partial charge in [0.1, 0.15) is 17.7 Å². The molecule has 0 aliphatic heterocycles. The van der Waals surface area contributed by atoms with E-state index < -0.39 is 5.97 Å². The van der Waals surface area contributed by atoms with Crippen molar-refractivity contribution < 1.29 is 23.4 Å². The summed E-state index contributed by atoms with van der Waals surface area (Å²) in [6.45, 7) is 0.101. The molecule has 144 valence electrons. The van der Waals surface area contributed by atoms with E-state index in [2.05, 4.69) is 0 Å². The Kier molecular flexibility index (Phi) is 6.13. The Morgan fingerprint density at radius 3 is 2.19 bits per heavy atom. The predicted octanol–water partition coefficient (Wildman–Crippen LogP) is 3.51. The van der Waals surface area contributed by atoms with Gasteiger partial charge in [-0.15, -0.1) is 0 Å². The summed E-state index contributed by atoms with van der Waals surface area (Å²) < 4.78 is 29.5. The molecule has 1 aliphatic carbocycles. The number of nitrogens with two attached hydrogens (primary N) is 2. The van der Waals surface area contributed by atoms with Gasteiger partial charge in [-0.3, -0.25) is 0 Å². The minimum atomic E-state index is -0.419. The van der Waals surface area contributed by atoms with Crippen LogP contribution in [0, 0.1) is 5.82 Å². The molecule has 1 aliphatic rings. The zero-order valence-electron chi connectivity index (χ0n) is 14.9. The smallest absolute Gasteiger partial charge is 0.338 e. The largest absolute Gasteiger partial charge is 0.468 e. The van der Waals surface area contributed by atoms with Crippen LogP contribution in [0.3, 0.4) is 0 Å². The lowest BCUT2D eigenvalue weighted by atomic mass is 9.95. The number of carbonyl (C=O) groups excluding carboxylic acids is 1. The van der Waals surface area contributed by atoms with Gasteiger partial charge >= 0.3 is 5.97 Å². The number of benzene rings is 2. The number of hydrogen-bond donors (Lipinski definition) is 2. The van der Waals surface area contributed by atoms with Gasteiger partial charge in [-0.05, 0) is 68.1 Å². The first-order valence-corrected chi connectivity index (χ1v) is 8.86. The number of ether oxygens (including phenoxy) is 3. The van der Waals surface area contributed by atoms with Crippen LogP contribution < -0.4 is 16.2 Å². The molecular formula is C20H23FN2O4. The number of halogens is 1. The van der Waals surface area contributed by atoms with Gasteiger partial charge in [0.15, 0.2) is 6.79 Å². The van der Waals surface area contributed by atoms with Crippen molar-refractivity contribution in [2.45, 2.75) is 37.9 Å². The fourth-order valence-electron chi connectivity index (χ4n) is 3.06. The minimum absolute atomic E-state index is 0.0448. The van der Waals surface area contributed by atoms with Crippen LogP contribution in [0.25, 0.3) is 0 Å². The Hall–Kier alpha value is -2.80. The van der Waals surface area contributed by atoms with Crippen molar-refractivity contribution in [3.63, 3.8) is 0 Å². The first-order chi connectivity index (χ1) is 13.0. The van der Waals surface area contributed by atoms with E-state index in [1.54, 1.807) is 30.3 Å². The van der Waals surface area contributed by atoms with Crippen molar-refractivity contribution in [2.75, 3.05) is 18.3 Å². The summed E-state index contributed by atoms with van der Waals surface area (Å²) in [5.41, 5.74) is 12.6. The highest BCUT2D eigenvalue weighted by molar-refractivity contribution is 5.91. The number of esters is 1. The van der Waals surface area contributed by atoms with Gasteiger partial charge in [-0.1, -0.05) is 0 Å². The predicted molar refractivity (Wildman–Crippen MR) is 99.7 cm³/mol. The normalized spacial score (nSPS) is 19.4. The van der Waals surface area contributed by atoms with Crippen LogP contribution in [-0.2, 0) is 9.47 Å². The Bertz CT molecular complexity index is 754. The lowest BCUT2D eigenvalue weighted by Crippen LogP contribution is -2.29. The molecule has 6 nitrogen and oxygen atoms in total. The second-order valence-electron chi connectivity index (χ2n) is 6.58. The zero-order valence-corrected chi connectivity index (χ0v) is 14.9. The van der Waals surface area contributed by atoms with Crippen molar-refractivity contribution >= 4 is 17.3 Å². The lowest BCUT2D eigenvalue weighted by molar-refractivity contribution is -0.0666. The molecule has 4 N–H and O–H groups in total. The Morgan fingerprint density at radius 1 is 0.963 bits per heavy atom. The molecule has 7 heteroatoms. The van der Waals surface area contributed by atoms with Crippen molar-refractivity contribution in [1.29, 1.82) is 0 Å². The monoisotopic (exact) mass is 374 g/mol. The summed E-state index contributed by atoms with van der Waals surface area (Å²) in [6.07, 6.45) is 2.85. The standard InChI is InChI=1S/C20H23FN2O4/c21-14-1-3-17(4-2-14)25-12-26-18-5-7-19(8-6-18)27-20(24)13-9-15(22)11-16(23)10-13/h1-4,9-11,18-19H,5-8,12,22-23H2. The van der Waals surface area contributed by atoms with Crippen LogP contribution in [-0.4, -0.2) is 25.0 Å². The van der Waals surface area contributed by atoms with Crippen molar-refractivity contribution in [2.24, 2.45) is 0 Å². The third-order valence-corrected chi connectivity index (χ3v) is 4.45. The highest BCUT2D eigenvalue weighted by Gasteiger charge is 2.25. The van der Waals surface area contributed by atoms with Crippen LogP contribution >= 0.6 is 0 Å². The van der Waals surface area contributed by atoms with Crippen molar-refractivity contribution in [1.82, 2.24) is 0 Å². The summed E-state index contributed by atoms with van der Waals surface area (Å²) in [5.74, 6) is -0.171. The van der Waals surface area contributed by atoms with E-state index in [0.717, 1.165) is 12.8 Å². The fraction of sp³-hybridized carbons (Fsp3) is 0.350. The maximum absolute atomic E-state index is 12.8. The molecule has 0 radical (unpaired) electrons. The molecule has 0 atom stereocenters. The average molecular weight is 374 g/mol. The second kappa shape index (κ2) is 8.73. The number of rotatable bonds is 6. The topological polar surface area (TPSA) is 96.8 Å². The Morgan fingerprint density at radius 2 is 1.56 bits per heavy atom. The number of carbonyl (C=O) groups is 1. The molecule has 0 heterocycles. The molecular weight excluding hydrogens is 351 g/mol. The third-order valence-electron chi connectivity index (χ3n) is 4.45. The maximum atomic E-state index is 12.8. The Labute approximate surface area is 157 Å². The van der Waals surface area contributed by atoms with Crippen LogP contribution in [0.2, 0.25) is 0 Å². The molecule has 1 saturated carbocycles. The fourth-order valence-corrected chi connectivity index (χ4v) is 3.06. The number of anilines is 2. The molecule has 2 aromatic carbocycles. The SMILES string of the molecule is Nc1cc(N)cc(C(=O)OC2CCC(OCOc3ccc(F)cc3)CC2)c1. The average Bonchev–Trinajstić information content (AvgIpc) is 2.64. The van der Waals surface area contributed by atoms with Crippen molar-refractivity contribution in [3.05, 3.63) is 53.8 Å². The van der Waals surface area contributed by atoms with E-state index in [1.807, 2.05) is 0 Å². The molecule has 27 heavy (non-hydrogen) atoms. The van der Waals surface area contributed by atoms with Gasteiger partial charge in [0.25, 0.3) is 0 Å². The summed E-state index contributed by atoms with van der Waals surface area (Å²) in [6, 6.07) is 10.5. The number of hydrogen-bond acceptors (Lipinski definition) is 6. The van der Waals surface area contributed by atoms with Crippen LogP contribution in [0.15, 0.2) is 42.5 Å². The van der Waals surface area contributed by atoms with Crippen LogP contribution in [0.5, 0.6) is 5.75 Å². The first kappa shape index (κ1) is 19.0. The molecule has 0 aromatic heterocycles. The van der Waals surface area contributed by atoms with E-state index >= 15 is 0 Å². The van der Waals surface area contributed by atoms with Crippen LogP contribution in [0.4, 0.5) is 15.8 Å². The Balaban J connectivity index is 1.39. The molecule has 0 bridgehead atoms. The molecule has 1 fully saturated rings. The minimum Gasteiger partial charge on any atom is -0.468 e. The van der Waals surface area contributed by atoms with E-state index in [0.29, 0.717) is 35.5 Å². The molecule has 0 saturated heterocycles. The summed E-state index contributed by atoms with van der Waals surface area (Å²) in [5, 5.41) is 0. The quantitative estimate of drug-likeness (QED) is 0.456. The zero-order chi connectivity index (χ0) is 19.2. The van der Waals surface area contributed by atoms with E-state index in [4.69, 9.17) is 25.7 Å². The molecule has 0 unspecified atom stereocenters. The highest BCUT2D eigenvalue weighted by Crippen LogP contribution is 2.25. The second-order valence-corrected chi connectivity index (χ2v) is 6.58.